The zero-order valence-electron chi connectivity index (χ0n) is 9.73. The topological polar surface area (TPSA) is 57.0 Å². The van der Waals surface area contributed by atoms with Crippen molar-refractivity contribution in [3.63, 3.8) is 0 Å². The van der Waals surface area contributed by atoms with E-state index in [-0.39, 0.29) is 16.6 Å². The van der Waals surface area contributed by atoms with Gasteiger partial charge in [0.05, 0.1) is 5.56 Å². The van der Waals surface area contributed by atoms with Gasteiger partial charge in [-0.15, -0.1) is 5.10 Å². The van der Waals surface area contributed by atoms with Crippen molar-refractivity contribution in [3.05, 3.63) is 35.9 Å². The van der Waals surface area contributed by atoms with Crippen LogP contribution in [0.25, 0.3) is 11.0 Å². The fourth-order valence-electron chi connectivity index (χ4n) is 1.30. The molecule has 0 saturated heterocycles. The number of aromatic nitrogens is 3. The van der Waals surface area contributed by atoms with Crippen LogP contribution in [0.15, 0.2) is 30.4 Å². The first-order valence-corrected chi connectivity index (χ1v) is 5.10. The van der Waals surface area contributed by atoms with Crippen LogP contribution in [0, 0.1) is 0 Å². The smallest absolute Gasteiger partial charge is 0.312 e. The molecule has 1 aromatic carbocycles. The first-order valence-electron chi connectivity index (χ1n) is 5.10. The minimum absolute atomic E-state index is 0.0515. The third kappa shape index (κ3) is 2.56. The van der Waals surface area contributed by atoms with Crippen LogP contribution in [-0.2, 0) is 11.0 Å². The van der Waals surface area contributed by atoms with Crippen LogP contribution < -0.4 is 4.84 Å². The van der Waals surface area contributed by atoms with Gasteiger partial charge in [-0.25, -0.2) is 4.79 Å². The van der Waals surface area contributed by atoms with Gasteiger partial charge in [0.15, 0.2) is 0 Å². The van der Waals surface area contributed by atoms with Crippen LogP contribution in [0.4, 0.5) is 13.2 Å². The van der Waals surface area contributed by atoms with Crippen molar-refractivity contribution >= 4 is 17.0 Å². The van der Waals surface area contributed by atoms with E-state index in [0.717, 1.165) is 18.2 Å². The predicted octanol–water partition coefficient (Wildman–Crippen LogP) is 1.98. The van der Waals surface area contributed by atoms with E-state index in [0.29, 0.717) is 4.85 Å². The van der Waals surface area contributed by atoms with Gasteiger partial charge in [0.2, 0.25) is 0 Å². The Morgan fingerprint density at radius 2 is 2.11 bits per heavy atom. The van der Waals surface area contributed by atoms with Crippen LogP contribution in [-0.4, -0.2) is 21.1 Å². The second-order valence-electron chi connectivity index (χ2n) is 3.82. The average molecular weight is 271 g/mol. The van der Waals surface area contributed by atoms with Crippen molar-refractivity contribution in [2.45, 2.75) is 13.1 Å². The van der Waals surface area contributed by atoms with Crippen molar-refractivity contribution in [1.29, 1.82) is 0 Å². The number of nitrogens with zero attached hydrogens (tertiary/aromatic N) is 3. The molecule has 1 aromatic heterocycles. The van der Waals surface area contributed by atoms with E-state index in [1.54, 1.807) is 0 Å². The Kier molecular flexibility index (Phi) is 3.01. The fourth-order valence-corrected chi connectivity index (χ4v) is 1.30. The Hall–Kier alpha value is -2.38. The van der Waals surface area contributed by atoms with Gasteiger partial charge in [-0.2, -0.15) is 13.2 Å². The van der Waals surface area contributed by atoms with Gasteiger partial charge in [-0.3, -0.25) is 0 Å². The average Bonchev–Trinajstić information content (AvgIpc) is 2.70. The lowest BCUT2D eigenvalue weighted by atomic mass is 10.2. The molecule has 2 rings (SSSR count). The molecule has 2 aromatic rings. The molecule has 1 heterocycles. The second kappa shape index (κ2) is 4.38. The molecule has 19 heavy (non-hydrogen) atoms. The lowest BCUT2D eigenvalue weighted by molar-refractivity contribution is -0.140. The Balaban J connectivity index is 2.46. The van der Waals surface area contributed by atoms with Gasteiger partial charge in [0, 0.05) is 5.57 Å². The molecule has 100 valence electrons. The maximum atomic E-state index is 12.6. The van der Waals surface area contributed by atoms with Crippen molar-refractivity contribution in [3.8, 4) is 0 Å². The van der Waals surface area contributed by atoms with Crippen molar-refractivity contribution in [2.24, 2.45) is 0 Å². The van der Waals surface area contributed by atoms with Crippen LogP contribution in [0.2, 0.25) is 0 Å². The third-order valence-corrected chi connectivity index (χ3v) is 2.26. The molecule has 0 aliphatic carbocycles. The molecule has 0 fully saturated rings. The SMILES string of the molecule is C=C(C)C(=O)On1nnc2ccc(C(F)(F)F)cc21. The Morgan fingerprint density at radius 1 is 1.42 bits per heavy atom. The molecule has 0 bridgehead atoms. The number of carbonyl (C=O) groups excluding carboxylic acids is 1. The minimum Gasteiger partial charge on any atom is -0.312 e. The molecule has 8 heteroatoms. The summed E-state index contributed by atoms with van der Waals surface area (Å²) < 4.78 is 37.7. The highest BCUT2D eigenvalue weighted by Crippen LogP contribution is 2.30. The number of alkyl halides is 3. The molecule has 0 atom stereocenters. The molecule has 0 radical (unpaired) electrons. The summed E-state index contributed by atoms with van der Waals surface area (Å²) in [5.41, 5.74) is -0.655. The van der Waals surface area contributed by atoms with Gasteiger partial charge < -0.3 is 4.84 Å². The summed E-state index contributed by atoms with van der Waals surface area (Å²) in [6.45, 7) is 4.76. The Labute approximate surface area is 105 Å². The van der Waals surface area contributed by atoms with E-state index in [9.17, 15) is 18.0 Å². The number of fused-ring (bicyclic) bond motifs is 1. The van der Waals surface area contributed by atoms with Gasteiger partial charge in [-0.1, -0.05) is 11.4 Å². The predicted molar refractivity (Wildman–Crippen MR) is 58.9 cm³/mol. The molecule has 0 unspecified atom stereocenters. The number of hydrogen-bond donors (Lipinski definition) is 0. The van der Waals surface area contributed by atoms with Crippen LogP contribution in [0.3, 0.4) is 0 Å². The highest BCUT2D eigenvalue weighted by atomic mass is 19.4. The molecular formula is C11H8F3N3O2. The summed E-state index contributed by atoms with van der Waals surface area (Å²) in [7, 11) is 0. The summed E-state index contributed by atoms with van der Waals surface area (Å²) in [6.07, 6.45) is -4.50. The van der Waals surface area contributed by atoms with Crippen molar-refractivity contribution < 1.29 is 22.8 Å². The summed E-state index contributed by atoms with van der Waals surface area (Å²) in [4.78, 5) is 16.7. The zero-order chi connectivity index (χ0) is 14.2. The zero-order valence-corrected chi connectivity index (χ0v) is 9.73. The quantitative estimate of drug-likeness (QED) is 0.619. The first kappa shape index (κ1) is 13.1. The summed E-state index contributed by atoms with van der Waals surface area (Å²) in [6, 6.07) is 2.83. The van der Waals surface area contributed by atoms with Crippen LogP contribution in [0.1, 0.15) is 12.5 Å². The molecule has 0 aliphatic rings. The van der Waals surface area contributed by atoms with Crippen LogP contribution >= 0.6 is 0 Å². The molecule has 0 amide bonds. The third-order valence-electron chi connectivity index (χ3n) is 2.26. The molecule has 0 saturated carbocycles. The summed E-state index contributed by atoms with van der Waals surface area (Å²) in [5, 5.41) is 7.05. The molecule has 5 nitrogen and oxygen atoms in total. The number of rotatable bonds is 2. The fraction of sp³-hybridized carbons (Fsp3) is 0.182. The highest BCUT2D eigenvalue weighted by Gasteiger charge is 2.31. The highest BCUT2D eigenvalue weighted by molar-refractivity contribution is 5.87. The van der Waals surface area contributed by atoms with Gasteiger partial charge in [0.25, 0.3) is 0 Å². The molecule has 0 aliphatic heterocycles. The van der Waals surface area contributed by atoms with E-state index in [2.05, 4.69) is 16.9 Å². The maximum Gasteiger partial charge on any atom is 0.416 e. The van der Waals surface area contributed by atoms with E-state index in [4.69, 9.17) is 4.84 Å². The number of hydrogen-bond acceptors (Lipinski definition) is 4. The minimum atomic E-state index is -4.50. The molecule has 0 spiro atoms. The standard InChI is InChI=1S/C11H8F3N3O2/c1-6(2)10(18)19-17-9-5-7(11(12,13)14)3-4-8(9)15-16-17/h3-5H,1H2,2H3. The summed E-state index contributed by atoms with van der Waals surface area (Å²) >= 11 is 0. The lowest BCUT2D eigenvalue weighted by Crippen LogP contribution is -2.21. The van der Waals surface area contributed by atoms with Gasteiger partial charge in [0.1, 0.15) is 11.0 Å². The van der Waals surface area contributed by atoms with E-state index in [1.807, 2.05) is 0 Å². The van der Waals surface area contributed by atoms with Crippen molar-refractivity contribution in [2.75, 3.05) is 0 Å². The molecular weight excluding hydrogens is 263 g/mol. The van der Waals surface area contributed by atoms with Crippen molar-refractivity contribution in [1.82, 2.24) is 15.2 Å². The Morgan fingerprint density at radius 3 is 2.68 bits per heavy atom. The number of carbonyl (C=O) groups is 1. The maximum absolute atomic E-state index is 12.6. The van der Waals surface area contributed by atoms with E-state index < -0.39 is 17.7 Å². The van der Waals surface area contributed by atoms with E-state index in [1.165, 1.54) is 6.92 Å². The second-order valence-corrected chi connectivity index (χ2v) is 3.82. The first-order chi connectivity index (χ1) is 8.79. The number of benzene rings is 1. The Bertz CT molecular complexity index is 661. The normalized spacial score (nSPS) is 11.6. The van der Waals surface area contributed by atoms with Crippen LogP contribution in [0.5, 0.6) is 0 Å². The summed E-state index contributed by atoms with van der Waals surface area (Å²) in [5.74, 6) is -0.802. The lowest BCUT2D eigenvalue weighted by Gasteiger charge is -2.06. The van der Waals surface area contributed by atoms with Gasteiger partial charge in [-0.05, 0) is 30.3 Å². The van der Waals surface area contributed by atoms with Gasteiger partial charge >= 0.3 is 12.1 Å². The molecule has 0 N–H and O–H groups in total. The largest absolute Gasteiger partial charge is 0.416 e. The van der Waals surface area contributed by atoms with E-state index >= 15 is 0 Å². The number of halogens is 3. The monoisotopic (exact) mass is 271 g/mol.